The van der Waals surface area contributed by atoms with Gasteiger partial charge in [0.1, 0.15) is 12.4 Å². The third kappa shape index (κ3) is 4.87. The van der Waals surface area contributed by atoms with Gasteiger partial charge in [0.15, 0.2) is 0 Å². The molecular formula is C23H27FN4O3S2. The van der Waals surface area contributed by atoms with Crippen molar-refractivity contribution in [2.75, 3.05) is 26.2 Å². The summed E-state index contributed by atoms with van der Waals surface area (Å²) in [6, 6.07) is 6.89. The van der Waals surface area contributed by atoms with Crippen molar-refractivity contribution in [2.24, 2.45) is 0 Å². The van der Waals surface area contributed by atoms with E-state index in [-0.39, 0.29) is 23.9 Å². The highest BCUT2D eigenvalue weighted by molar-refractivity contribution is 7.89. The van der Waals surface area contributed by atoms with Gasteiger partial charge in [-0.05, 0) is 57.5 Å². The Hall–Kier alpha value is -2.56. The van der Waals surface area contributed by atoms with Crippen molar-refractivity contribution in [3.63, 3.8) is 0 Å². The Labute approximate surface area is 197 Å². The SMILES string of the molecule is Cc1nc(-c2cc(C)n(CC(=O)N3CCCN(S(=O)(=O)c4ccc(F)cc4)CC3)c2C)cs1. The highest BCUT2D eigenvalue weighted by Gasteiger charge is 2.28. The van der Waals surface area contributed by atoms with Gasteiger partial charge in [-0.15, -0.1) is 11.3 Å². The normalized spacial score (nSPS) is 15.6. The average molecular weight is 491 g/mol. The van der Waals surface area contributed by atoms with E-state index in [2.05, 4.69) is 11.1 Å². The minimum Gasteiger partial charge on any atom is -0.340 e. The highest BCUT2D eigenvalue weighted by atomic mass is 32.2. The maximum Gasteiger partial charge on any atom is 0.243 e. The standard InChI is InChI=1S/C23H27FN4O3S2/c1-16-13-21(22-15-32-18(3)25-22)17(2)28(16)14-23(29)26-9-4-10-27(12-11-26)33(30,31)20-7-5-19(24)6-8-20/h5-8,13,15H,4,9-12,14H2,1-3H3. The molecule has 0 N–H and O–H groups in total. The van der Waals surface area contributed by atoms with Crippen molar-refractivity contribution in [3.05, 3.63) is 57.9 Å². The fourth-order valence-corrected chi connectivity index (χ4v) is 6.25. The van der Waals surface area contributed by atoms with Crippen LogP contribution in [-0.2, 0) is 21.4 Å². The van der Waals surface area contributed by atoms with E-state index in [4.69, 9.17) is 0 Å². The van der Waals surface area contributed by atoms with Crippen LogP contribution < -0.4 is 0 Å². The summed E-state index contributed by atoms with van der Waals surface area (Å²) < 4.78 is 42.4. The number of benzene rings is 1. The number of thiazole rings is 1. The molecule has 4 rings (SSSR count). The molecule has 0 unspecified atom stereocenters. The lowest BCUT2D eigenvalue weighted by molar-refractivity contribution is -0.131. The highest BCUT2D eigenvalue weighted by Crippen LogP contribution is 2.28. The number of hydrogen-bond donors (Lipinski definition) is 0. The van der Waals surface area contributed by atoms with Crippen molar-refractivity contribution >= 4 is 27.3 Å². The van der Waals surface area contributed by atoms with Crippen LogP contribution in [0.4, 0.5) is 4.39 Å². The molecule has 0 spiro atoms. The summed E-state index contributed by atoms with van der Waals surface area (Å²) in [5.74, 6) is -0.524. The summed E-state index contributed by atoms with van der Waals surface area (Å²) in [6.07, 6.45) is 0.541. The van der Waals surface area contributed by atoms with Crippen molar-refractivity contribution in [1.29, 1.82) is 0 Å². The molecule has 0 aliphatic carbocycles. The van der Waals surface area contributed by atoms with Gasteiger partial charge in [0.05, 0.1) is 15.6 Å². The Kier molecular flexibility index (Phi) is 6.69. The third-order valence-corrected chi connectivity index (χ3v) is 8.71. The maximum atomic E-state index is 13.2. The molecular weight excluding hydrogens is 463 g/mol. The molecule has 7 nitrogen and oxygen atoms in total. The third-order valence-electron chi connectivity index (χ3n) is 6.02. The van der Waals surface area contributed by atoms with Gasteiger partial charge in [-0.25, -0.2) is 17.8 Å². The molecule has 1 saturated heterocycles. The van der Waals surface area contributed by atoms with E-state index in [0.717, 1.165) is 39.8 Å². The number of halogens is 1. The zero-order chi connectivity index (χ0) is 23.8. The lowest BCUT2D eigenvalue weighted by Crippen LogP contribution is -2.38. The fraction of sp³-hybridized carbons (Fsp3) is 0.391. The molecule has 1 aliphatic rings. The summed E-state index contributed by atoms with van der Waals surface area (Å²) in [6.45, 7) is 7.47. The first-order chi connectivity index (χ1) is 15.7. The van der Waals surface area contributed by atoms with Crippen LogP contribution in [0.15, 0.2) is 40.6 Å². The fourth-order valence-electron chi connectivity index (χ4n) is 4.17. The molecule has 1 amide bonds. The lowest BCUT2D eigenvalue weighted by Gasteiger charge is -2.23. The summed E-state index contributed by atoms with van der Waals surface area (Å²) in [4.78, 5) is 19.5. The smallest absolute Gasteiger partial charge is 0.243 e. The Morgan fingerprint density at radius 3 is 2.48 bits per heavy atom. The first-order valence-corrected chi connectivity index (χ1v) is 13.1. The van der Waals surface area contributed by atoms with Crippen LogP contribution in [0.25, 0.3) is 11.3 Å². The molecule has 3 heterocycles. The second kappa shape index (κ2) is 9.36. The molecule has 10 heteroatoms. The minimum atomic E-state index is -3.73. The summed E-state index contributed by atoms with van der Waals surface area (Å²) >= 11 is 1.60. The van der Waals surface area contributed by atoms with Gasteiger partial charge >= 0.3 is 0 Å². The molecule has 3 aromatic rings. The van der Waals surface area contributed by atoms with Gasteiger partial charge in [-0.2, -0.15) is 4.31 Å². The van der Waals surface area contributed by atoms with E-state index < -0.39 is 15.8 Å². The van der Waals surface area contributed by atoms with Gasteiger partial charge in [0, 0.05) is 48.5 Å². The Balaban J connectivity index is 1.45. The molecule has 1 aliphatic heterocycles. The number of hydrogen-bond acceptors (Lipinski definition) is 5. The van der Waals surface area contributed by atoms with Gasteiger partial charge in [-0.3, -0.25) is 4.79 Å². The Bertz CT molecular complexity index is 1270. The first-order valence-electron chi connectivity index (χ1n) is 10.8. The van der Waals surface area contributed by atoms with Crippen LogP contribution in [-0.4, -0.2) is 59.3 Å². The zero-order valence-electron chi connectivity index (χ0n) is 18.9. The number of amides is 1. The summed E-state index contributed by atoms with van der Waals surface area (Å²) in [5.41, 5.74) is 3.91. The van der Waals surface area contributed by atoms with E-state index in [9.17, 15) is 17.6 Å². The van der Waals surface area contributed by atoms with E-state index in [1.165, 1.54) is 16.4 Å². The van der Waals surface area contributed by atoms with Gasteiger partial charge in [0.2, 0.25) is 15.9 Å². The van der Waals surface area contributed by atoms with Gasteiger partial charge in [0.25, 0.3) is 0 Å². The topological polar surface area (TPSA) is 75.5 Å². The number of aryl methyl sites for hydroxylation is 2. The van der Waals surface area contributed by atoms with Crippen molar-refractivity contribution in [3.8, 4) is 11.3 Å². The molecule has 1 fully saturated rings. The molecule has 0 saturated carbocycles. The second-order valence-electron chi connectivity index (χ2n) is 8.22. The Morgan fingerprint density at radius 2 is 1.82 bits per heavy atom. The molecule has 0 bridgehead atoms. The minimum absolute atomic E-state index is 0.0427. The number of sulfonamides is 1. The van der Waals surface area contributed by atoms with Crippen molar-refractivity contribution < 1.29 is 17.6 Å². The predicted octanol–water partition coefficient (Wildman–Crippen LogP) is 3.60. The van der Waals surface area contributed by atoms with E-state index in [1.54, 1.807) is 16.2 Å². The number of carbonyl (C=O) groups is 1. The van der Waals surface area contributed by atoms with Crippen molar-refractivity contribution in [1.82, 2.24) is 18.8 Å². The molecule has 176 valence electrons. The van der Waals surface area contributed by atoms with E-state index in [0.29, 0.717) is 26.1 Å². The molecule has 2 aromatic heterocycles. The largest absolute Gasteiger partial charge is 0.340 e. The molecule has 0 atom stereocenters. The quantitative estimate of drug-likeness (QED) is 0.548. The van der Waals surface area contributed by atoms with Crippen LogP contribution in [0.5, 0.6) is 0 Å². The van der Waals surface area contributed by atoms with Crippen LogP contribution in [0.2, 0.25) is 0 Å². The number of aromatic nitrogens is 2. The maximum absolute atomic E-state index is 13.2. The molecule has 0 radical (unpaired) electrons. The van der Waals surface area contributed by atoms with E-state index >= 15 is 0 Å². The number of nitrogens with zero attached hydrogens (tertiary/aromatic N) is 4. The van der Waals surface area contributed by atoms with Gasteiger partial charge < -0.3 is 9.47 Å². The summed E-state index contributed by atoms with van der Waals surface area (Å²) in [7, 11) is -3.73. The van der Waals surface area contributed by atoms with Crippen molar-refractivity contribution in [2.45, 2.75) is 38.6 Å². The number of rotatable bonds is 5. The monoisotopic (exact) mass is 490 g/mol. The first kappa shape index (κ1) is 23.6. The Morgan fingerprint density at radius 1 is 1.09 bits per heavy atom. The average Bonchev–Trinajstić information content (AvgIpc) is 3.20. The van der Waals surface area contributed by atoms with Crippen LogP contribution >= 0.6 is 11.3 Å². The second-order valence-corrected chi connectivity index (χ2v) is 11.2. The lowest BCUT2D eigenvalue weighted by atomic mass is 10.2. The van der Waals surface area contributed by atoms with Crippen LogP contribution in [0, 0.1) is 26.6 Å². The molecule has 33 heavy (non-hydrogen) atoms. The van der Waals surface area contributed by atoms with Gasteiger partial charge in [-0.1, -0.05) is 0 Å². The van der Waals surface area contributed by atoms with Crippen LogP contribution in [0.3, 0.4) is 0 Å². The number of carbonyl (C=O) groups excluding carboxylic acids is 1. The zero-order valence-corrected chi connectivity index (χ0v) is 20.5. The van der Waals surface area contributed by atoms with E-state index in [1.807, 2.05) is 30.7 Å². The predicted molar refractivity (Wildman–Crippen MR) is 126 cm³/mol. The summed E-state index contributed by atoms with van der Waals surface area (Å²) in [5, 5.41) is 3.02. The van der Waals surface area contributed by atoms with Crippen LogP contribution in [0.1, 0.15) is 22.8 Å². The molecule has 1 aromatic carbocycles.